The number of aromatic nitrogens is 1. The Balaban J connectivity index is 1.95. The van der Waals surface area contributed by atoms with Gasteiger partial charge >= 0.3 is 0 Å². The summed E-state index contributed by atoms with van der Waals surface area (Å²) in [4.78, 5) is 4.60. The number of fused-ring (bicyclic) bond motifs is 1. The summed E-state index contributed by atoms with van der Waals surface area (Å²) in [6.45, 7) is 0. The number of rotatable bonds is 3. The molecule has 18 heavy (non-hydrogen) atoms. The summed E-state index contributed by atoms with van der Waals surface area (Å²) in [6, 6.07) is 6.93. The van der Waals surface area contributed by atoms with Crippen molar-refractivity contribution in [3.05, 3.63) is 49.5 Å². The quantitative estimate of drug-likeness (QED) is 0.833. The lowest BCUT2D eigenvalue weighted by Gasteiger charge is -2.22. The minimum atomic E-state index is 0.390. The maximum atomic E-state index is 4.60. The molecule has 94 valence electrons. The van der Waals surface area contributed by atoms with Gasteiger partial charge in [-0.2, -0.15) is 0 Å². The number of hydrogen-bond donors (Lipinski definition) is 1. The van der Waals surface area contributed by atoms with Crippen molar-refractivity contribution < 1.29 is 0 Å². The van der Waals surface area contributed by atoms with Gasteiger partial charge in [0, 0.05) is 23.9 Å². The van der Waals surface area contributed by atoms with E-state index in [1.54, 1.807) is 0 Å². The van der Waals surface area contributed by atoms with E-state index in [1.165, 1.54) is 26.1 Å². The van der Waals surface area contributed by atoms with Crippen molar-refractivity contribution in [2.75, 3.05) is 7.05 Å². The van der Waals surface area contributed by atoms with Gasteiger partial charge in [0.15, 0.2) is 0 Å². The van der Waals surface area contributed by atoms with Crippen LogP contribution >= 0.6 is 33.9 Å². The van der Waals surface area contributed by atoms with Crippen LogP contribution < -0.4 is 5.32 Å². The van der Waals surface area contributed by atoms with Gasteiger partial charge < -0.3 is 5.32 Å². The molecule has 0 radical (unpaired) electrons. The fraction of sp³-hybridized carbons (Fsp3) is 0.357. The van der Waals surface area contributed by atoms with Crippen molar-refractivity contribution in [2.45, 2.75) is 24.8 Å². The third kappa shape index (κ3) is 2.21. The van der Waals surface area contributed by atoms with E-state index in [0.717, 1.165) is 6.42 Å². The molecule has 0 fully saturated rings. The molecule has 0 amide bonds. The van der Waals surface area contributed by atoms with Crippen LogP contribution in [0.5, 0.6) is 0 Å². The fourth-order valence-corrected chi connectivity index (χ4v) is 4.26. The summed E-state index contributed by atoms with van der Waals surface area (Å²) in [7, 11) is 2.05. The third-order valence-corrected chi connectivity index (χ3v) is 5.47. The van der Waals surface area contributed by atoms with Crippen LogP contribution in [0.1, 0.15) is 35.2 Å². The predicted molar refractivity (Wildman–Crippen MR) is 84.1 cm³/mol. The van der Waals surface area contributed by atoms with Gasteiger partial charge in [-0.1, -0.05) is 6.07 Å². The average molecular weight is 370 g/mol. The number of hydrogen-bond acceptors (Lipinski definition) is 3. The lowest BCUT2D eigenvalue weighted by atomic mass is 9.92. The van der Waals surface area contributed by atoms with Crippen LogP contribution in [0.2, 0.25) is 0 Å². The maximum Gasteiger partial charge on any atom is 0.0656 e. The van der Waals surface area contributed by atoms with Gasteiger partial charge in [0.25, 0.3) is 0 Å². The van der Waals surface area contributed by atoms with Gasteiger partial charge in [-0.25, -0.2) is 0 Å². The fourth-order valence-electron chi connectivity index (χ4n) is 2.85. The lowest BCUT2D eigenvalue weighted by molar-refractivity contribution is 0.471. The maximum absolute atomic E-state index is 4.60. The van der Waals surface area contributed by atoms with Crippen LogP contribution in [0, 0.1) is 2.88 Å². The Kier molecular flexibility index (Phi) is 3.68. The van der Waals surface area contributed by atoms with Crippen molar-refractivity contribution in [3.8, 4) is 0 Å². The zero-order valence-corrected chi connectivity index (χ0v) is 13.2. The first-order valence-corrected chi connectivity index (χ1v) is 8.10. The second-order valence-electron chi connectivity index (χ2n) is 4.64. The molecular formula is C14H15IN2S. The van der Waals surface area contributed by atoms with Crippen molar-refractivity contribution in [3.63, 3.8) is 0 Å². The first-order valence-electron chi connectivity index (χ1n) is 6.14. The van der Waals surface area contributed by atoms with Gasteiger partial charge in [0.2, 0.25) is 0 Å². The molecule has 0 bridgehead atoms. The molecule has 0 spiro atoms. The molecule has 0 aromatic carbocycles. The first kappa shape index (κ1) is 12.6. The van der Waals surface area contributed by atoms with E-state index in [2.05, 4.69) is 57.5 Å². The molecule has 2 atom stereocenters. The molecule has 4 heteroatoms. The number of nitrogens with zero attached hydrogens (tertiary/aromatic N) is 1. The summed E-state index contributed by atoms with van der Waals surface area (Å²) >= 11 is 4.20. The minimum Gasteiger partial charge on any atom is -0.312 e. The standard InChI is InChI=1S/C14H15IN2S/c1-16-13(10-7-12(15)18-8-10)11-5-4-9-3-2-6-17-14(9)11/h2-3,6-8,11,13,16H,4-5H2,1H3. The van der Waals surface area contributed by atoms with Crippen LogP contribution in [-0.2, 0) is 6.42 Å². The Morgan fingerprint density at radius 2 is 2.44 bits per heavy atom. The highest BCUT2D eigenvalue weighted by Gasteiger charge is 2.31. The molecule has 0 saturated heterocycles. The normalized spacial score (nSPS) is 19.8. The highest BCUT2D eigenvalue weighted by atomic mass is 127. The molecule has 1 aliphatic rings. The molecule has 2 aromatic rings. The summed E-state index contributed by atoms with van der Waals surface area (Å²) in [5.41, 5.74) is 4.11. The van der Waals surface area contributed by atoms with E-state index in [4.69, 9.17) is 0 Å². The van der Waals surface area contributed by atoms with E-state index in [1.807, 2.05) is 23.6 Å². The SMILES string of the molecule is CNC(c1csc(I)c1)C1CCc2cccnc21. The van der Waals surface area contributed by atoms with Crippen molar-refractivity contribution in [1.82, 2.24) is 10.3 Å². The van der Waals surface area contributed by atoms with E-state index in [9.17, 15) is 0 Å². The van der Waals surface area contributed by atoms with E-state index in [0.29, 0.717) is 12.0 Å². The van der Waals surface area contributed by atoms with Crippen molar-refractivity contribution >= 4 is 33.9 Å². The number of thiophene rings is 1. The van der Waals surface area contributed by atoms with Crippen LogP contribution in [0.25, 0.3) is 0 Å². The minimum absolute atomic E-state index is 0.390. The van der Waals surface area contributed by atoms with Gasteiger partial charge in [0.1, 0.15) is 0 Å². The summed E-state index contributed by atoms with van der Waals surface area (Å²) in [5, 5.41) is 5.75. The molecule has 0 aliphatic heterocycles. The van der Waals surface area contributed by atoms with Crippen molar-refractivity contribution in [2.24, 2.45) is 0 Å². The van der Waals surface area contributed by atoms with E-state index >= 15 is 0 Å². The molecule has 2 aromatic heterocycles. The zero-order chi connectivity index (χ0) is 12.5. The Bertz CT molecular complexity index is 552. The van der Waals surface area contributed by atoms with Gasteiger partial charge in [-0.3, -0.25) is 4.98 Å². The Morgan fingerprint density at radius 3 is 3.17 bits per heavy atom. The first-order chi connectivity index (χ1) is 8.79. The van der Waals surface area contributed by atoms with Crippen molar-refractivity contribution in [1.29, 1.82) is 0 Å². The Labute approximate surface area is 125 Å². The average Bonchev–Trinajstić information content (AvgIpc) is 2.98. The smallest absolute Gasteiger partial charge is 0.0656 e. The number of halogens is 1. The number of pyridine rings is 1. The highest BCUT2D eigenvalue weighted by Crippen LogP contribution is 2.41. The van der Waals surface area contributed by atoms with Crippen LogP contribution in [0.15, 0.2) is 29.8 Å². The second kappa shape index (κ2) is 5.27. The molecule has 3 rings (SSSR count). The molecule has 0 saturated carbocycles. The van der Waals surface area contributed by atoms with Gasteiger partial charge in [-0.05, 0) is 71.1 Å². The summed E-state index contributed by atoms with van der Waals surface area (Å²) in [5.74, 6) is 0.511. The molecular weight excluding hydrogens is 355 g/mol. The second-order valence-corrected chi connectivity index (χ2v) is 7.45. The Hall–Kier alpha value is -0.460. The Morgan fingerprint density at radius 1 is 1.56 bits per heavy atom. The monoisotopic (exact) mass is 370 g/mol. The predicted octanol–water partition coefficient (Wildman–Crippen LogP) is 3.74. The van der Waals surface area contributed by atoms with Gasteiger partial charge in [-0.15, -0.1) is 11.3 Å². The third-order valence-electron chi connectivity index (χ3n) is 3.66. The topological polar surface area (TPSA) is 24.9 Å². The zero-order valence-electron chi connectivity index (χ0n) is 10.2. The number of aryl methyl sites for hydroxylation is 1. The van der Waals surface area contributed by atoms with E-state index < -0.39 is 0 Å². The molecule has 2 nitrogen and oxygen atoms in total. The number of likely N-dealkylation sites (N-methyl/N-ethyl adjacent to an activating group) is 1. The number of nitrogens with one attached hydrogen (secondary N) is 1. The summed E-state index contributed by atoms with van der Waals surface area (Å²) in [6.07, 6.45) is 4.28. The highest BCUT2D eigenvalue weighted by molar-refractivity contribution is 14.1. The van der Waals surface area contributed by atoms with Crippen LogP contribution in [0.3, 0.4) is 0 Å². The molecule has 2 heterocycles. The molecule has 2 unspecified atom stereocenters. The molecule has 1 aliphatic carbocycles. The molecule has 1 N–H and O–H groups in total. The lowest BCUT2D eigenvalue weighted by Crippen LogP contribution is -2.22. The van der Waals surface area contributed by atoms with Gasteiger partial charge in [0.05, 0.1) is 2.88 Å². The van der Waals surface area contributed by atoms with Crippen LogP contribution in [-0.4, -0.2) is 12.0 Å². The summed E-state index contributed by atoms with van der Waals surface area (Å²) < 4.78 is 1.35. The van der Waals surface area contributed by atoms with E-state index in [-0.39, 0.29) is 0 Å². The van der Waals surface area contributed by atoms with Crippen LogP contribution in [0.4, 0.5) is 0 Å². The largest absolute Gasteiger partial charge is 0.312 e.